The summed E-state index contributed by atoms with van der Waals surface area (Å²) in [5.41, 5.74) is 0.662. The third-order valence-electron chi connectivity index (χ3n) is 2.90. The van der Waals surface area contributed by atoms with Crippen LogP contribution in [0.3, 0.4) is 0 Å². The zero-order valence-corrected chi connectivity index (χ0v) is 10.6. The molecule has 0 aromatic heterocycles. The van der Waals surface area contributed by atoms with Gasteiger partial charge in [0.2, 0.25) is 5.82 Å². The Morgan fingerprint density at radius 2 is 1.80 bits per heavy atom. The zero-order valence-electron chi connectivity index (χ0n) is 10.6. The van der Waals surface area contributed by atoms with Crippen molar-refractivity contribution >= 4 is 11.4 Å². The van der Waals surface area contributed by atoms with Crippen LogP contribution in [0.1, 0.15) is 18.5 Å². The average Bonchev–Trinajstić information content (AvgIpc) is 2.41. The Morgan fingerprint density at radius 3 is 2.40 bits per heavy atom. The molecule has 0 radical (unpaired) electrons. The van der Waals surface area contributed by atoms with Crippen molar-refractivity contribution in [3.63, 3.8) is 0 Å². The Hall–Kier alpha value is -2.50. The van der Waals surface area contributed by atoms with E-state index in [-0.39, 0.29) is 11.9 Å². The maximum absolute atomic E-state index is 13.2. The summed E-state index contributed by atoms with van der Waals surface area (Å²) < 4.78 is 26.0. The molecule has 0 aliphatic heterocycles. The van der Waals surface area contributed by atoms with Crippen LogP contribution in [0.15, 0.2) is 42.5 Å². The molecule has 0 fully saturated rings. The second-order valence-electron chi connectivity index (χ2n) is 4.34. The number of hydrogen-bond donors (Lipinski definition) is 1. The monoisotopic (exact) mass is 278 g/mol. The Morgan fingerprint density at radius 1 is 1.15 bits per heavy atom. The Labute approximate surface area is 114 Å². The molecule has 0 heterocycles. The second-order valence-corrected chi connectivity index (χ2v) is 4.34. The highest BCUT2D eigenvalue weighted by atomic mass is 19.1. The van der Waals surface area contributed by atoms with Crippen molar-refractivity contribution in [3.8, 4) is 0 Å². The molecule has 1 N–H and O–H groups in total. The molecule has 0 aliphatic carbocycles. The van der Waals surface area contributed by atoms with E-state index < -0.39 is 16.4 Å². The fourth-order valence-corrected chi connectivity index (χ4v) is 1.83. The van der Waals surface area contributed by atoms with E-state index in [1.54, 1.807) is 12.1 Å². The molecule has 6 heteroatoms. The van der Waals surface area contributed by atoms with E-state index in [2.05, 4.69) is 5.32 Å². The lowest BCUT2D eigenvalue weighted by Crippen LogP contribution is -2.07. The summed E-state index contributed by atoms with van der Waals surface area (Å²) in [5, 5.41) is 13.7. The first kappa shape index (κ1) is 13.9. The van der Waals surface area contributed by atoms with E-state index in [1.165, 1.54) is 18.2 Å². The number of nitrogens with one attached hydrogen (secondary N) is 1. The number of rotatable bonds is 4. The Bertz CT molecular complexity index is 630. The number of benzene rings is 2. The first-order valence-corrected chi connectivity index (χ1v) is 5.93. The third kappa shape index (κ3) is 3.09. The van der Waals surface area contributed by atoms with Crippen LogP contribution in [0, 0.1) is 21.7 Å². The lowest BCUT2D eigenvalue weighted by atomic mass is 10.1. The highest BCUT2D eigenvalue weighted by Gasteiger charge is 2.15. The number of anilines is 1. The van der Waals surface area contributed by atoms with Crippen LogP contribution < -0.4 is 5.32 Å². The van der Waals surface area contributed by atoms with Gasteiger partial charge in [-0.25, -0.2) is 4.39 Å². The molecule has 0 amide bonds. The molecular weight excluding hydrogens is 266 g/mol. The zero-order chi connectivity index (χ0) is 14.7. The van der Waals surface area contributed by atoms with Crippen molar-refractivity contribution in [3.05, 3.63) is 69.8 Å². The highest BCUT2D eigenvalue weighted by Crippen LogP contribution is 2.25. The normalized spacial score (nSPS) is 11.9. The largest absolute Gasteiger partial charge is 0.378 e. The van der Waals surface area contributed by atoms with Crippen molar-refractivity contribution in [1.82, 2.24) is 0 Å². The van der Waals surface area contributed by atoms with Gasteiger partial charge in [-0.05, 0) is 36.8 Å². The predicted octanol–water partition coefficient (Wildman–Crippen LogP) is 4.05. The first-order chi connectivity index (χ1) is 9.47. The SMILES string of the molecule is CC(Nc1ccc(F)c([N+](=O)[O-])c1)c1ccc(F)cc1. The summed E-state index contributed by atoms with van der Waals surface area (Å²) in [4.78, 5) is 9.89. The smallest absolute Gasteiger partial charge is 0.306 e. The number of nitro benzene ring substituents is 1. The van der Waals surface area contributed by atoms with Crippen LogP contribution in [0.5, 0.6) is 0 Å². The van der Waals surface area contributed by atoms with Crippen LogP contribution in [0.4, 0.5) is 20.2 Å². The van der Waals surface area contributed by atoms with Gasteiger partial charge in [0.1, 0.15) is 5.82 Å². The van der Waals surface area contributed by atoms with Gasteiger partial charge in [0.05, 0.1) is 4.92 Å². The predicted molar refractivity (Wildman–Crippen MR) is 71.5 cm³/mol. The van der Waals surface area contributed by atoms with Gasteiger partial charge in [-0.3, -0.25) is 10.1 Å². The van der Waals surface area contributed by atoms with Gasteiger partial charge >= 0.3 is 5.69 Å². The van der Waals surface area contributed by atoms with Gasteiger partial charge in [0, 0.05) is 17.8 Å². The number of halogens is 2. The summed E-state index contributed by atoms with van der Waals surface area (Å²) in [6.45, 7) is 1.82. The van der Waals surface area contributed by atoms with Crippen LogP contribution in [0.2, 0.25) is 0 Å². The fourth-order valence-electron chi connectivity index (χ4n) is 1.83. The van der Waals surface area contributed by atoms with E-state index in [0.717, 1.165) is 17.7 Å². The molecule has 104 valence electrons. The number of nitrogens with zero attached hydrogens (tertiary/aromatic N) is 1. The maximum atomic E-state index is 13.2. The number of nitro groups is 1. The second kappa shape index (κ2) is 5.64. The van der Waals surface area contributed by atoms with Crippen LogP contribution >= 0.6 is 0 Å². The Kier molecular flexibility index (Phi) is 3.93. The van der Waals surface area contributed by atoms with Crippen molar-refractivity contribution in [1.29, 1.82) is 0 Å². The van der Waals surface area contributed by atoms with Crippen LogP contribution in [0.25, 0.3) is 0 Å². The molecule has 2 aromatic carbocycles. The van der Waals surface area contributed by atoms with E-state index in [1.807, 2.05) is 6.92 Å². The molecule has 0 bridgehead atoms. The van der Waals surface area contributed by atoms with Gasteiger partial charge in [-0.2, -0.15) is 4.39 Å². The van der Waals surface area contributed by atoms with E-state index >= 15 is 0 Å². The van der Waals surface area contributed by atoms with Gasteiger partial charge in [0.25, 0.3) is 0 Å². The highest BCUT2D eigenvalue weighted by molar-refractivity contribution is 5.53. The van der Waals surface area contributed by atoms with Crippen molar-refractivity contribution in [2.75, 3.05) is 5.32 Å². The standard InChI is InChI=1S/C14H12F2N2O2/c1-9(10-2-4-11(15)5-3-10)17-12-6-7-13(16)14(8-12)18(19)20/h2-9,17H,1H3. The van der Waals surface area contributed by atoms with E-state index in [0.29, 0.717) is 5.69 Å². The summed E-state index contributed by atoms with van der Waals surface area (Å²) >= 11 is 0. The van der Waals surface area contributed by atoms with Crippen molar-refractivity contribution in [2.45, 2.75) is 13.0 Å². The first-order valence-electron chi connectivity index (χ1n) is 5.93. The van der Waals surface area contributed by atoms with Gasteiger partial charge in [0.15, 0.2) is 0 Å². The fraction of sp³-hybridized carbons (Fsp3) is 0.143. The Balaban J connectivity index is 2.19. The molecule has 1 unspecified atom stereocenters. The minimum absolute atomic E-state index is 0.194. The van der Waals surface area contributed by atoms with Crippen molar-refractivity contribution in [2.24, 2.45) is 0 Å². The lowest BCUT2D eigenvalue weighted by Gasteiger charge is -2.15. The molecule has 0 saturated heterocycles. The van der Waals surface area contributed by atoms with Gasteiger partial charge < -0.3 is 5.32 Å². The van der Waals surface area contributed by atoms with Crippen molar-refractivity contribution < 1.29 is 13.7 Å². The quantitative estimate of drug-likeness (QED) is 0.678. The molecular formula is C14H12F2N2O2. The van der Waals surface area contributed by atoms with Gasteiger partial charge in [-0.15, -0.1) is 0 Å². The van der Waals surface area contributed by atoms with E-state index in [4.69, 9.17) is 0 Å². The van der Waals surface area contributed by atoms with Crippen LogP contribution in [-0.4, -0.2) is 4.92 Å². The van der Waals surface area contributed by atoms with Crippen LogP contribution in [-0.2, 0) is 0 Å². The molecule has 20 heavy (non-hydrogen) atoms. The summed E-state index contributed by atoms with van der Waals surface area (Å²) in [7, 11) is 0. The summed E-state index contributed by atoms with van der Waals surface area (Å²) in [5.74, 6) is -1.21. The maximum Gasteiger partial charge on any atom is 0.306 e. The number of hydrogen-bond acceptors (Lipinski definition) is 3. The molecule has 0 spiro atoms. The third-order valence-corrected chi connectivity index (χ3v) is 2.90. The topological polar surface area (TPSA) is 55.2 Å². The van der Waals surface area contributed by atoms with Gasteiger partial charge in [-0.1, -0.05) is 12.1 Å². The molecule has 2 rings (SSSR count). The minimum Gasteiger partial charge on any atom is -0.378 e. The summed E-state index contributed by atoms with van der Waals surface area (Å²) in [6, 6.07) is 9.30. The molecule has 1 atom stereocenters. The lowest BCUT2D eigenvalue weighted by molar-refractivity contribution is -0.387. The molecule has 4 nitrogen and oxygen atoms in total. The average molecular weight is 278 g/mol. The molecule has 0 aliphatic rings. The molecule has 2 aromatic rings. The summed E-state index contributed by atoms with van der Waals surface area (Å²) in [6.07, 6.45) is 0. The minimum atomic E-state index is -0.880. The van der Waals surface area contributed by atoms with E-state index in [9.17, 15) is 18.9 Å². The molecule has 0 saturated carbocycles.